The van der Waals surface area contributed by atoms with E-state index in [1.54, 1.807) is 4.90 Å². The van der Waals surface area contributed by atoms with Gasteiger partial charge in [0.15, 0.2) is 0 Å². The van der Waals surface area contributed by atoms with E-state index in [0.717, 1.165) is 31.4 Å². The molecule has 2 amide bonds. The third-order valence-electron chi connectivity index (χ3n) is 4.03. The summed E-state index contributed by atoms with van der Waals surface area (Å²) in [7, 11) is 0. The molecule has 1 N–H and O–H groups in total. The van der Waals surface area contributed by atoms with Crippen LogP contribution in [0.4, 0.5) is 8.78 Å². The topological polar surface area (TPSA) is 49.4 Å². The lowest BCUT2D eigenvalue weighted by Gasteiger charge is -2.33. The Balaban J connectivity index is 1.95. The monoisotopic (exact) mass is 324 g/mol. The maximum atomic E-state index is 13.7. The molecule has 1 aromatic rings. The maximum Gasteiger partial charge on any atom is 0.256 e. The molecule has 4 nitrogen and oxygen atoms in total. The van der Waals surface area contributed by atoms with Crippen molar-refractivity contribution in [3.8, 4) is 0 Å². The average molecular weight is 324 g/mol. The van der Waals surface area contributed by atoms with Gasteiger partial charge in [0.1, 0.15) is 11.6 Å². The van der Waals surface area contributed by atoms with Gasteiger partial charge in [-0.3, -0.25) is 9.59 Å². The molecule has 0 unspecified atom stereocenters. The van der Waals surface area contributed by atoms with Crippen molar-refractivity contribution in [1.29, 1.82) is 0 Å². The Morgan fingerprint density at radius 2 is 2.13 bits per heavy atom. The van der Waals surface area contributed by atoms with Crippen molar-refractivity contribution < 1.29 is 18.4 Å². The molecule has 1 fully saturated rings. The van der Waals surface area contributed by atoms with Gasteiger partial charge in [-0.25, -0.2) is 8.78 Å². The maximum absolute atomic E-state index is 13.7. The van der Waals surface area contributed by atoms with Gasteiger partial charge in [-0.05, 0) is 37.3 Å². The predicted molar refractivity (Wildman–Crippen MR) is 82.9 cm³/mol. The highest BCUT2D eigenvalue weighted by Gasteiger charge is 2.26. The zero-order valence-electron chi connectivity index (χ0n) is 13.3. The molecule has 1 saturated heterocycles. The second kappa shape index (κ2) is 8.04. The number of amides is 2. The first kappa shape index (κ1) is 17.4. The number of nitrogens with one attached hydrogen (secondary N) is 1. The minimum Gasteiger partial charge on any atom is -0.356 e. The highest BCUT2D eigenvalue weighted by atomic mass is 19.1. The molecule has 2 rings (SSSR count). The van der Waals surface area contributed by atoms with Crippen molar-refractivity contribution >= 4 is 11.8 Å². The number of piperidine rings is 1. The summed E-state index contributed by atoms with van der Waals surface area (Å²) in [6, 6.07) is 2.99. The summed E-state index contributed by atoms with van der Waals surface area (Å²) in [6.45, 7) is 3.49. The van der Waals surface area contributed by atoms with E-state index < -0.39 is 17.5 Å². The van der Waals surface area contributed by atoms with E-state index in [0.29, 0.717) is 26.1 Å². The fourth-order valence-electron chi connectivity index (χ4n) is 2.82. The van der Waals surface area contributed by atoms with Crippen LogP contribution in [0.2, 0.25) is 0 Å². The minimum atomic E-state index is -0.839. The summed E-state index contributed by atoms with van der Waals surface area (Å²) in [6.07, 6.45) is 3.02. The number of rotatable bonds is 5. The molecule has 0 aliphatic carbocycles. The smallest absolute Gasteiger partial charge is 0.256 e. The molecule has 1 aliphatic rings. The van der Waals surface area contributed by atoms with Gasteiger partial charge >= 0.3 is 0 Å². The summed E-state index contributed by atoms with van der Waals surface area (Å²) >= 11 is 0. The Morgan fingerprint density at radius 3 is 2.83 bits per heavy atom. The number of hydrogen-bond donors (Lipinski definition) is 1. The summed E-state index contributed by atoms with van der Waals surface area (Å²) in [5, 5.41) is 2.87. The molecule has 0 saturated carbocycles. The fourth-order valence-corrected chi connectivity index (χ4v) is 2.82. The van der Waals surface area contributed by atoms with Crippen LogP contribution in [-0.2, 0) is 4.79 Å². The molecule has 0 spiro atoms. The molecule has 1 heterocycles. The van der Waals surface area contributed by atoms with Crippen LogP contribution in [0.5, 0.6) is 0 Å². The number of carbonyl (C=O) groups excluding carboxylic acids is 2. The molecular weight excluding hydrogens is 302 g/mol. The quantitative estimate of drug-likeness (QED) is 0.905. The second-order valence-electron chi connectivity index (χ2n) is 5.94. The molecule has 0 aromatic heterocycles. The van der Waals surface area contributed by atoms with Gasteiger partial charge in [-0.1, -0.05) is 6.92 Å². The Labute approximate surface area is 134 Å². The van der Waals surface area contributed by atoms with Gasteiger partial charge in [0.05, 0.1) is 5.56 Å². The molecule has 1 atom stereocenters. The number of halogens is 2. The molecule has 0 radical (unpaired) electrons. The van der Waals surface area contributed by atoms with Crippen LogP contribution in [-0.4, -0.2) is 36.3 Å². The Kier molecular flexibility index (Phi) is 6.07. The van der Waals surface area contributed by atoms with Crippen molar-refractivity contribution in [3.05, 3.63) is 35.4 Å². The summed E-state index contributed by atoms with van der Waals surface area (Å²) in [5.74, 6) is -1.78. The van der Waals surface area contributed by atoms with Gasteiger partial charge in [-0.2, -0.15) is 0 Å². The number of carbonyl (C=O) groups is 2. The second-order valence-corrected chi connectivity index (χ2v) is 5.94. The number of hydrogen-bond acceptors (Lipinski definition) is 2. The van der Waals surface area contributed by atoms with Crippen LogP contribution in [0.15, 0.2) is 18.2 Å². The number of nitrogens with zero attached hydrogens (tertiary/aromatic N) is 1. The van der Waals surface area contributed by atoms with Crippen LogP contribution < -0.4 is 5.32 Å². The average Bonchev–Trinajstić information content (AvgIpc) is 2.53. The van der Waals surface area contributed by atoms with Crippen molar-refractivity contribution in [3.63, 3.8) is 0 Å². The highest BCUT2D eigenvalue weighted by molar-refractivity contribution is 5.94. The van der Waals surface area contributed by atoms with Crippen LogP contribution in [0.1, 0.15) is 43.0 Å². The SMILES string of the molecule is CCCC(=O)NC[C@H]1CCCN(C(=O)c2ccc(F)cc2F)C1. The Morgan fingerprint density at radius 1 is 1.35 bits per heavy atom. The minimum absolute atomic E-state index is 0.0144. The molecular formula is C17H22F2N2O2. The normalized spacial score (nSPS) is 17.9. The van der Waals surface area contributed by atoms with Gasteiger partial charge in [0, 0.05) is 32.1 Å². The molecule has 1 aromatic carbocycles. The Hall–Kier alpha value is -1.98. The lowest BCUT2D eigenvalue weighted by Crippen LogP contribution is -2.44. The van der Waals surface area contributed by atoms with E-state index >= 15 is 0 Å². The zero-order valence-corrected chi connectivity index (χ0v) is 13.3. The summed E-state index contributed by atoms with van der Waals surface area (Å²) in [4.78, 5) is 25.5. The number of likely N-dealkylation sites (tertiary alicyclic amines) is 1. The zero-order chi connectivity index (χ0) is 16.8. The van der Waals surface area contributed by atoms with Crippen LogP contribution in [0.3, 0.4) is 0 Å². The van der Waals surface area contributed by atoms with E-state index in [9.17, 15) is 18.4 Å². The van der Waals surface area contributed by atoms with Crippen LogP contribution in [0.25, 0.3) is 0 Å². The molecule has 1 aliphatic heterocycles. The highest BCUT2D eigenvalue weighted by Crippen LogP contribution is 2.20. The lowest BCUT2D eigenvalue weighted by molar-refractivity contribution is -0.121. The first-order chi connectivity index (χ1) is 11.0. The van der Waals surface area contributed by atoms with Gasteiger partial charge in [0.2, 0.25) is 5.91 Å². The van der Waals surface area contributed by atoms with E-state index in [1.165, 1.54) is 6.07 Å². The summed E-state index contributed by atoms with van der Waals surface area (Å²) in [5.41, 5.74) is -0.109. The van der Waals surface area contributed by atoms with Crippen molar-refractivity contribution in [2.75, 3.05) is 19.6 Å². The lowest BCUT2D eigenvalue weighted by atomic mass is 9.97. The van der Waals surface area contributed by atoms with Crippen molar-refractivity contribution in [2.24, 2.45) is 5.92 Å². The third kappa shape index (κ3) is 4.74. The Bertz CT molecular complexity index is 578. The van der Waals surface area contributed by atoms with Gasteiger partial charge < -0.3 is 10.2 Å². The van der Waals surface area contributed by atoms with Crippen molar-refractivity contribution in [1.82, 2.24) is 10.2 Å². The van der Waals surface area contributed by atoms with Gasteiger partial charge in [-0.15, -0.1) is 0 Å². The standard InChI is InChI=1S/C17H22F2N2O2/c1-2-4-16(22)20-10-12-5-3-8-21(11-12)17(23)14-7-6-13(18)9-15(14)19/h6-7,9,12H,2-5,8,10-11H2,1H3,(H,20,22)/t12-/m1/s1. The van der Waals surface area contributed by atoms with Gasteiger partial charge in [0.25, 0.3) is 5.91 Å². The first-order valence-electron chi connectivity index (χ1n) is 8.02. The molecule has 23 heavy (non-hydrogen) atoms. The van der Waals surface area contributed by atoms with Crippen molar-refractivity contribution in [2.45, 2.75) is 32.6 Å². The number of benzene rings is 1. The first-order valence-corrected chi connectivity index (χ1v) is 8.02. The third-order valence-corrected chi connectivity index (χ3v) is 4.03. The molecule has 0 bridgehead atoms. The molecule has 126 valence electrons. The largest absolute Gasteiger partial charge is 0.356 e. The fraction of sp³-hybridized carbons (Fsp3) is 0.529. The van der Waals surface area contributed by atoms with E-state index in [2.05, 4.69) is 5.32 Å². The molecule has 6 heteroatoms. The predicted octanol–water partition coefficient (Wildman–Crippen LogP) is 2.73. The van der Waals surface area contributed by atoms with E-state index in [-0.39, 0.29) is 17.4 Å². The van der Waals surface area contributed by atoms with E-state index in [1.807, 2.05) is 6.92 Å². The summed E-state index contributed by atoms with van der Waals surface area (Å²) < 4.78 is 26.7. The van der Waals surface area contributed by atoms with E-state index in [4.69, 9.17) is 0 Å². The van der Waals surface area contributed by atoms with Crippen LogP contribution in [0, 0.1) is 17.6 Å². The van der Waals surface area contributed by atoms with Crippen LogP contribution >= 0.6 is 0 Å².